The van der Waals surface area contributed by atoms with Crippen LogP contribution < -0.4 is 0 Å². The number of benzene rings is 1. The van der Waals surface area contributed by atoms with E-state index in [0.717, 1.165) is 30.3 Å². The lowest BCUT2D eigenvalue weighted by Gasteiger charge is -2.25. The van der Waals surface area contributed by atoms with Crippen LogP contribution in [0.5, 0.6) is 0 Å². The van der Waals surface area contributed by atoms with E-state index in [-0.39, 0.29) is 0 Å². The Bertz CT molecular complexity index is 681. The van der Waals surface area contributed by atoms with Crippen LogP contribution in [0.1, 0.15) is 62.4 Å². The zero-order valence-corrected chi connectivity index (χ0v) is 15.7. The number of rotatable bonds is 5. The van der Waals surface area contributed by atoms with Gasteiger partial charge in [0.15, 0.2) is 5.82 Å². The quantitative estimate of drug-likeness (QED) is 0.824. The molecular weight excluding hydrogens is 296 g/mol. The van der Waals surface area contributed by atoms with Crippen LogP contribution in [0.2, 0.25) is 0 Å². The number of hydrogen-bond donors (Lipinski definition) is 0. The topological polar surface area (TPSA) is 34.0 Å². The molecular formula is C20H30N4. The van der Waals surface area contributed by atoms with Crippen molar-refractivity contribution in [1.82, 2.24) is 19.7 Å². The fraction of sp³-hybridized carbons (Fsp3) is 0.600. The van der Waals surface area contributed by atoms with Crippen molar-refractivity contribution in [2.75, 3.05) is 13.1 Å². The van der Waals surface area contributed by atoms with Crippen molar-refractivity contribution < 1.29 is 0 Å². The summed E-state index contributed by atoms with van der Waals surface area (Å²) < 4.78 is 2.10. The normalized spacial score (nSPS) is 18.7. The molecule has 1 saturated heterocycles. The van der Waals surface area contributed by atoms with E-state index in [1.807, 2.05) is 0 Å². The highest BCUT2D eigenvalue weighted by Crippen LogP contribution is 2.33. The third-order valence-electron chi connectivity index (χ3n) is 4.70. The van der Waals surface area contributed by atoms with Gasteiger partial charge in [-0.15, -0.1) is 0 Å². The zero-order chi connectivity index (χ0) is 17.3. The molecule has 4 heteroatoms. The van der Waals surface area contributed by atoms with Gasteiger partial charge in [0.25, 0.3) is 0 Å². The van der Waals surface area contributed by atoms with Crippen LogP contribution in [0.25, 0.3) is 5.69 Å². The molecule has 0 N–H and O–H groups in total. The van der Waals surface area contributed by atoms with Gasteiger partial charge in [0, 0.05) is 13.0 Å². The van der Waals surface area contributed by atoms with Gasteiger partial charge >= 0.3 is 0 Å². The summed E-state index contributed by atoms with van der Waals surface area (Å²) in [5, 5.41) is 4.82. The summed E-state index contributed by atoms with van der Waals surface area (Å²) in [5.41, 5.74) is 3.69. The molecule has 3 rings (SSSR count). The molecule has 130 valence electrons. The first-order valence-electron chi connectivity index (χ1n) is 9.26. The van der Waals surface area contributed by atoms with E-state index >= 15 is 0 Å². The molecule has 0 radical (unpaired) electrons. The highest BCUT2D eigenvalue weighted by molar-refractivity contribution is 5.39. The Kier molecular flexibility index (Phi) is 5.04. The Morgan fingerprint density at radius 1 is 1.17 bits per heavy atom. The number of hydrogen-bond acceptors (Lipinski definition) is 3. The van der Waals surface area contributed by atoms with Gasteiger partial charge in [0.2, 0.25) is 0 Å². The van der Waals surface area contributed by atoms with Crippen LogP contribution in [0.3, 0.4) is 0 Å². The minimum Gasteiger partial charge on any atom is -0.293 e. The summed E-state index contributed by atoms with van der Waals surface area (Å²) in [6.07, 6.45) is 3.31. The lowest BCUT2D eigenvalue weighted by atomic mass is 10.1. The number of nitrogens with zero attached hydrogens (tertiary/aromatic N) is 4. The minimum atomic E-state index is 0.390. The molecule has 0 saturated carbocycles. The third kappa shape index (κ3) is 3.54. The smallest absolute Gasteiger partial charge is 0.151 e. The maximum Gasteiger partial charge on any atom is 0.151 e. The van der Waals surface area contributed by atoms with E-state index in [0.29, 0.717) is 12.0 Å². The second-order valence-corrected chi connectivity index (χ2v) is 7.54. The van der Waals surface area contributed by atoms with E-state index in [2.05, 4.69) is 62.4 Å². The maximum absolute atomic E-state index is 4.91. The van der Waals surface area contributed by atoms with E-state index in [1.54, 1.807) is 0 Å². The molecule has 0 bridgehead atoms. The third-order valence-corrected chi connectivity index (χ3v) is 4.70. The molecule has 0 amide bonds. The Balaban J connectivity index is 2.03. The van der Waals surface area contributed by atoms with Gasteiger partial charge in [-0.05, 0) is 62.4 Å². The second kappa shape index (κ2) is 7.06. The van der Waals surface area contributed by atoms with Crippen molar-refractivity contribution in [3.8, 4) is 5.69 Å². The fourth-order valence-electron chi connectivity index (χ4n) is 3.80. The molecule has 4 nitrogen and oxygen atoms in total. The molecule has 24 heavy (non-hydrogen) atoms. The average Bonchev–Trinajstić information content (AvgIpc) is 3.11. The Morgan fingerprint density at radius 3 is 2.50 bits per heavy atom. The maximum atomic E-state index is 4.91. The first-order chi connectivity index (χ1) is 11.5. The van der Waals surface area contributed by atoms with Crippen LogP contribution in [-0.4, -0.2) is 32.8 Å². The lowest BCUT2D eigenvalue weighted by molar-refractivity contribution is 0.219. The van der Waals surface area contributed by atoms with Gasteiger partial charge in [0.05, 0.1) is 11.7 Å². The van der Waals surface area contributed by atoms with E-state index in [9.17, 15) is 0 Å². The van der Waals surface area contributed by atoms with Crippen LogP contribution in [0, 0.1) is 19.8 Å². The molecule has 2 aromatic rings. The van der Waals surface area contributed by atoms with E-state index in [4.69, 9.17) is 10.1 Å². The Labute approximate surface area is 145 Å². The summed E-state index contributed by atoms with van der Waals surface area (Å²) in [6, 6.07) is 7.03. The highest BCUT2D eigenvalue weighted by Gasteiger charge is 2.31. The minimum absolute atomic E-state index is 0.390. The van der Waals surface area contributed by atoms with Gasteiger partial charge in [-0.1, -0.05) is 26.8 Å². The van der Waals surface area contributed by atoms with Crippen molar-refractivity contribution in [3.63, 3.8) is 0 Å². The fourth-order valence-corrected chi connectivity index (χ4v) is 3.80. The molecule has 0 aliphatic carbocycles. The molecule has 2 heterocycles. The number of likely N-dealkylation sites (tertiary alicyclic amines) is 1. The number of aryl methyl sites for hydroxylation is 3. The molecule has 1 aromatic carbocycles. The molecule has 1 unspecified atom stereocenters. The molecule has 0 spiro atoms. The molecule has 1 aliphatic heterocycles. The summed E-state index contributed by atoms with van der Waals surface area (Å²) >= 11 is 0. The Hall–Kier alpha value is -1.68. The average molecular weight is 326 g/mol. The first kappa shape index (κ1) is 17.2. The summed E-state index contributed by atoms with van der Waals surface area (Å²) in [7, 11) is 0. The van der Waals surface area contributed by atoms with Crippen molar-refractivity contribution in [2.24, 2.45) is 5.92 Å². The largest absolute Gasteiger partial charge is 0.293 e. The summed E-state index contributed by atoms with van der Waals surface area (Å²) in [6.45, 7) is 13.3. The predicted octanol–water partition coefficient (Wildman–Crippen LogP) is 4.24. The Morgan fingerprint density at radius 2 is 1.88 bits per heavy atom. The lowest BCUT2D eigenvalue weighted by Crippen LogP contribution is -2.29. The van der Waals surface area contributed by atoms with Gasteiger partial charge in [-0.2, -0.15) is 5.10 Å². The van der Waals surface area contributed by atoms with Gasteiger partial charge in [-0.3, -0.25) is 4.90 Å². The summed E-state index contributed by atoms with van der Waals surface area (Å²) in [5.74, 6) is 2.74. The van der Waals surface area contributed by atoms with Crippen molar-refractivity contribution >= 4 is 0 Å². The van der Waals surface area contributed by atoms with Gasteiger partial charge < -0.3 is 0 Å². The van der Waals surface area contributed by atoms with Crippen molar-refractivity contribution in [1.29, 1.82) is 0 Å². The molecule has 1 atom stereocenters. The highest BCUT2D eigenvalue weighted by atomic mass is 15.4. The SMILES string of the molecule is CCc1nc(C2CCCN2CC(C)C)n(-c2cc(C)cc(C)c2)n1. The standard InChI is InChI=1S/C20H30N4/c1-6-19-21-20(18-8-7-9-23(18)13-14(2)3)24(22-19)17-11-15(4)10-16(5)12-17/h10-12,14,18H,6-9,13H2,1-5H3. The zero-order valence-electron chi connectivity index (χ0n) is 15.7. The van der Waals surface area contributed by atoms with Gasteiger partial charge in [-0.25, -0.2) is 9.67 Å². The summed E-state index contributed by atoms with van der Waals surface area (Å²) in [4.78, 5) is 7.50. The van der Waals surface area contributed by atoms with Crippen LogP contribution in [0.4, 0.5) is 0 Å². The van der Waals surface area contributed by atoms with Gasteiger partial charge in [0.1, 0.15) is 5.82 Å². The monoisotopic (exact) mass is 326 g/mol. The molecule has 1 fully saturated rings. The first-order valence-corrected chi connectivity index (χ1v) is 9.26. The van der Waals surface area contributed by atoms with Crippen molar-refractivity contribution in [2.45, 2.75) is 59.9 Å². The second-order valence-electron chi connectivity index (χ2n) is 7.54. The van der Waals surface area contributed by atoms with Crippen molar-refractivity contribution in [3.05, 3.63) is 41.0 Å². The molecule has 1 aromatic heterocycles. The van der Waals surface area contributed by atoms with Crippen LogP contribution in [-0.2, 0) is 6.42 Å². The molecule has 1 aliphatic rings. The van der Waals surface area contributed by atoms with E-state index < -0.39 is 0 Å². The predicted molar refractivity (Wildman–Crippen MR) is 98.6 cm³/mol. The number of aromatic nitrogens is 3. The van der Waals surface area contributed by atoms with Crippen LogP contribution in [0.15, 0.2) is 18.2 Å². The van der Waals surface area contributed by atoms with Crippen LogP contribution >= 0.6 is 0 Å². The van der Waals surface area contributed by atoms with E-state index in [1.165, 1.54) is 30.5 Å².